The van der Waals surface area contributed by atoms with Gasteiger partial charge in [-0.2, -0.15) is 0 Å². The average Bonchev–Trinajstić information content (AvgIpc) is 2.30. The molecule has 0 atom stereocenters. The molecule has 1 amide bonds. The summed E-state index contributed by atoms with van der Waals surface area (Å²) in [6, 6.07) is 0. The van der Waals surface area contributed by atoms with E-state index in [0.29, 0.717) is 6.54 Å². The summed E-state index contributed by atoms with van der Waals surface area (Å²) >= 11 is 0. The summed E-state index contributed by atoms with van der Waals surface area (Å²) in [6.45, 7) is 9.65. The molecule has 0 aromatic heterocycles. The third-order valence-corrected chi connectivity index (χ3v) is 2.86. The normalized spacial score (nSPS) is 10.8. The van der Waals surface area contributed by atoms with E-state index in [-0.39, 0.29) is 5.91 Å². The van der Waals surface area contributed by atoms with Crippen molar-refractivity contribution in [3.8, 4) is 0 Å². The lowest BCUT2D eigenvalue weighted by Gasteiger charge is -2.17. The summed E-state index contributed by atoms with van der Waals surface area (Å²) in [6.07, 6.45) is 6.23. The summed E-state index contributed by atoms with van der Waals surface area (Å²) in [7, 11) is 0. The van der Waals surface area contributed by atoms with Crippen LogP contribution in [0.15, 0.2) is 0 Å². The van der Waals surface area contributed by atoms with Crippen LogP contribution < -0.4 is 5.32 Å². The van der Waals surface area contributed by atoms with Gasteiger partial charge in [-0.3, -0.25) is 9.69 Å². The first kappa shape index (κ1) is 15.4. The Morgan fingerprint density at radius 2 is 1.62 bits per heavy atom. The zero-order valence-electron chi connectivity index (χ0n) is 11.2. The molecule has 0 radical (unpaired) electrons. The van der Waals surface area contributed by atoms with Gasteiger partial charge in [0.2, 0.25) is 5.91 Å². The number of unbranched alkanes of at least 4 members (excludes halogenated alkanes) is 4. The lowest BCUT2D eigenvalue weighted by atomic mass is 10.1. The average molecular weight is 228 g/mol. The highest BCUT2D eigenvalue weighted by Gasteiger charge is 2.05. The predicted molar refractivity (Wildman–Crippen MR) is 69.6 cm³/mol. The standard InChI is InChI=1S/C13H28N2O/c1-4-7-8-9-10-11-14-13(16)12-15(5-2)6-3/h4-12H2,1-3H3,(H,14,16). The van der Waals surface area contributed by atoms with E-state index < -0.39 is 0 Å². The molecule has 0 saturated carbocycles. The van der Waals surface area contributed by atoms with Crippen molar-refractivity contribution >= 4 is 5.91 Å². The summed E-state index contributed by atoms with van der Waals surface area (Å²) < 4.78 is 0. The fourth-order valence-electron chi connectivity index (χ4n) is 1.66. The molecular formula is C13H28N2O. The van der Waals surface area contributed by atoms with Crippen LogP contribution in [-0.2, 0) is 4.79 Å². The fraction of sp³-hybridized carbons (Fsp3) is 0.923. The molecule has 3 nitrogen and oxygen atoms in total. The zero-order chi connectivity index (χ0) is 12.2. The van der Waals surface area contributed by atoms with E-state index in [4.69, 9.17) is 0 Å². The second kappa shape index (κ2) is 10.9. The monoisotopic (exact) mass is 228 g/mol. The predicted octanol–water partition coefficient (Wildman–Crippen LogP) is 2.41. The van der Waals surface area contributed by atoms with Gasteiger partial charge < -0.3 is 5.32 Å². The number of rotatable bonds is 10. The number of hydrogen-bond donors (Lipinski definition) is 1. The Morgan fingerprint density at radius 3 is 2.19 bits per heavy atom. The molecule has 0 heterocycles. The second-order valence-corrected chi connectivity index (χ2v) is 4.23. The van der Waals surface area contributed by atoms with Gasteiger partial charge in [-0.15, -0.1) is 0 Å². The van der Waals surface area contributed by atoms with Crippen LogP contribution in [0.1, 0.15) is 52.9 Å². The van der Waals surface area contributed by atoms with E-state index in [0.717, 1.165) is 26.1 Å². The molecule has 1 N–H and O–H groups in total. The Kier molecular flexibility index (Phi) is 10.5. The van der Waals surface area contributed by atoms with Crippen molar-refractivity contribution in [1.82, 2.24) is 10.2 Å². The zero-order valence-corrected chi connectivity index (χ0v) is 11.2. The molecule has 96 valence electrons. The highest BCUT2D eigenvalue weighted by atomic mass is 16.2. The molecule has 0 rings (SSSR count). The summed E-state index contributed by atoms with van der Waals surface area (Å²) in [4.78, 5) is 13.6. The third kappa shape index (κ3) is 8.72. The van der Waals surface area contributed by atoms with Crippen molar-refractivity contribution in [2.24, 2.45) is 0 Å². The highest BCUT2D eigenvalue weighted by Crippen LogP contribution is 2.01. The lowest BCUT2D eigenvalue weighted by Crippen LogP contribution is -2.37. The minimum absolute atomic E-state index is 0.166. The molecule has 0 aliphatic carbocycles. The smallest absolute Gasteiger partial charge is 0.234 e. The maximum Gasteiger partial charge on any atom is 0.234 e. The minimum Gasteiger partial charge on any atom is -0.355 e. The largest absolute Gasteiger partial charge is 0.355 e. The van der Waals surface area contributed by atoms with Gasteiger partial charge in [0, 0.05) is 6.54 Å². The maximum atomic E-state index is 11.5. The van der Waals surface area contributed by atoms with Crippen molar-refractivity contribution in [1.29, 1.82) is 0 Å². The van der Waals surface area contributed by atoms with Crippen LogP contribution >= 0.6 is 0 Å². The number of amides is 1. The third-order valence-electron chi connectivity index (χ3n) is 2.86. The summed E-state index contributed by atoms with van der Waals surface area (Å²) in [5.41, 5.74) is 0. The highest BCUT2D eigenvalue weighted by molar-refractivity contribution is 5.77. The molecule has 0 aromatic rings. The first-order valence-electron chi connectivity index (χ1n) is 6.73. The van der Waals surface area contributed by atoms with Crippen molar-refractivity contribution in [2.75, 3.05) is 26.2 Å². The Balaban J connectivity index is 3.36. The van der Waals surface area contributed by atoms with Crippen LogP contribution in [0, 0.1) is 0 Å². The van der Waals surface area contributed by atoms with Crippen molar-refractivity contribution in [3.05, 3.63) is 0 Å². The maximum absolute atomic E-state index is 11.5. The molecule has 0 saturated heterocycles. The SMILES string of the molecule is CCCCCCCNC(=O)CN(CC)CC. The molecule has 0 spiro atoms. The molecule has 16 heavy (non-hydrogen) atoms. The summed E-state index contributed by atoms with van der Waals surface area (Å²) in [5.74, 6) is 0.166. The van der Waals surface area contributed by atoms with Crippen molar-refractivity contribution in [2.45, 2.75) is 52.9 Å². The van der Waals surface area contributed by atoms with E-state index in [1.165, 1.54) is 25.7 Å². The first-order valence-corrected chi connectivity index (χ1v) is 6.73. The number of carbonyl (C=O) groups excluding carboxylic acids is 1. The van der Waals surface area contributed by atoms with Crippen molar-refractivity contribution in [3.63, 3.8) is 0 Å². The van der Waals surface area contributed by atoms with Gasteiger partial charge in [-0.1, -0.05) is 46.5 Å². The van der Waals surface area contributed by atoms with E-state index in [9.17, 15) is 4.79 Å². The molecule has 0 aliphatic rings. The van der Waals surface area contributed by atoms with Gasteiger partial charge in [-0.05, 0) is 19.5 Å². The number of nitrogens with zero attached hydrogens (tertiary/aromatic N) is 1. The van der Waals surface area contributed by atoms with Crippen LogP contribution in [0.2, 0.25) is 0 Å². The van der Waals surface area contributed by atoms with Crippen molar-refractivity contribution < 1.29 is 4.79 Å². The molecule has 3 heteroatoms. The van der Waals surface area contributed by atoms with Gasteiger partial charge in [0.1, 0.15) is 0 Å². The van der Waals surface area contributed by atoms with Crippen LogP contribution in [0.25, 0.3) is 0 Å². The molecule has 0 unspecified atom stereocenters. The topological polar surface area (TPSA) is 32.3 Å². The van der Waals surface area contributed by atoms with Gasteiger partial charge >= 0.3 is 0 Å². The molecule has 0 aromatic carbocycles. The fourth-order valence-corrected chi connectivity index (χ4v) is 1.66. The molecule has 0 fully saturated rings. The number of nitrogens with one attached hydrogen (secondary N) is 1. The van der Waals surface area contributed by atoms with E-state index >= 15 is 0 Å². The molecule has 0 bridgehead atoms. The molecular weight excluding hydrogens is 200 g/mol. The Hall–Kier alpha value is -0.570. The van der Waals surface area contributed by atoms with E-state index in [1.807, 2.05) is 0 Å². The quantitative estimate of drug-likeness (QED) is 0.582. The Morgan fingerprint density at radius 1 is 1.00 bits per heavy atom. The molecule has 0 aliphatic heterocycles. The van der Waals surface area contributed by atoms with E-state index in [2.05, 4.69) is 31.0 Å². The lowest BCUT2D eigenvalue weighted by molar-refractivity contribution is -0.122. The van der Waals surface area contributed by atoms with Crippen LogP contribution in [0.3, 0.4) is 0 Å². The van der Waals surface area contributed by atoms with E-state index in [1.54, 1.807) is 0 Å². The van der Waals surface area contributed by atoms with Gasteiger partial charge in [0.15, 0.2) is 0 Å². The van der Waals surface area contributed by atoms with Gasteiger partial charge in [0.05, 0.1) is 6.54 Å². The second-order valence-electron chi connectivity index (χ2n) is 4.23. The Labute approximate surface area is 101 Å². The summed E-state index contributed by atoms with van der Waals surface area (Å²) in [5, 5.41) is 2.98. The Bertz CT molecular complexity index is 167. The number of hydrogen-bond acceptors (Lipinski definition) is 2. The van der Waals surface area contributed by atoms with Gasteiger partial charge in [0.25, 0.3) is 0 Å². The van der Waals surface area contributed by atoms with Crippen LogP contribution in [0.5, 0.6) is 0 Å². The number of likely N-dealkylation sites (N-methyl/N-ethyl adjacent to an activating group) is 1. The number of carbonyl (C=O) groups is 1. The van der Waals surface area contributed by atoms with Gasteiger partial charge in [-0.25, -0.2) is 0 Å². The minimum atomic E-state index is 0.166. The van der Waals surface area contributed by atoms with Crippen LogP contribution in [-0.4, -0.2) is 37.0 Å². The van der Waals surface area contributed by atoms with Crippen LogP contribution in [0.4, 0.5) is 0 Å². The first-order chi connectivity index (χ1) is 7.74.